The maximum atomic E-state index is 12.5. The molecule has 26 heavy (non-hydrogen) atoms. The molecule has 2 N–H and O–H groups in total. The number of benzene rings is 1. The van der Waals surface area contributed by atoms with Crippen LogP contribution in [0.25, 0.3) is 11.0 Å². The third-order valence-electron chi connectivity index (χ3n) is 3.80. The Morgan fingerprint density at radius 1 is 1.19 bits per heavy atom. The fourth-order valence-corrected chi connectivity index (χ4v) is 2.64. The number of carbonyl (C=O) groups excluding carboxylic acids is 2. The van der Waals surface area contributed by atoms with Gasteiger partial charge in [-0.05, 0) is 31.2 Å². The minimum atomic E-state index is -0.289. The molecule has 0 aliphatic heterocycles. The van der Waals surface area contributed by atoms with Gasteiger partial charge < -0.3 is 15.4 Å². The van der Waals surface area contributed by atoms with Gasteiger partial charge in [-0.2, -0.15) is 5.10 Å². The van der Waals surface area contributed by atoms with Crippen LogP contribution in [0.15, 0.2) is 36.5 Å². The highest BCUT2D eigenvalue weighted by Gasteiger charge is 2.12. The Kier molecular flexibility index (Phi) is 4.94. The summed E-state index contributed by atoms with van der Waals surface area (Å²) in [4.78, 5) is 28.4. The first-order valence-electron chi connectivity index (χ1n) is 7.97. The molecule has 3 rings (SSSR count). The standard InChI is InChI=1S/C18H19N5O3/c1-11-15-7-12(9-19-17(15)23(2)22-11)18(25)21-14-6-4-5-13(8-14)20-16(24)10-26-3/h4-9H,10H2,1-3H3,(H,20,24)(H,21,25). The molecule has 2 heterocycles. The summed E-state index contributed by atoms with van der Waals surface area (Å²) in [5, 5.41) is 10.6. The molecule has 0 spiro atoms. The van der Waals surface area contributed by atoms with Gasteiger partial charge in [0.05, 0.1) is 11.3 Å². The molecule has 0 saturated heterocycles. The number of pyridine rings is 1. The second-order valence-corrected chi connectivity index (χ2v) is 5.82. The number of nitrogens with zero attached hydrogens (tertiary/aromatic N) is 3. The van der Waals surface area contributed by atoms with Crippen LogP contribution in [0.4, 0.5) is 11.4 Å². The first kappa shape index (κ1) is 17.6. The summed E-state index contributed by atoms with van der Waals surface area (Å²) in [5.74, 6) is -0.555. The van der Waals surface area contributed by atoms with Gasteiger partial charge in [-0.1, -0.05) is 6.07 Å². The van der Waals surface area contributed by atoms with E-state index >= 15 is 0 Å². The van der Waals surface area contributed by atoms with Crippen molar-refractivity contribution in [2.75, 3.05) is 24.4 Å². The highest BCUT2D eigenvalue weighted by atomic mass is 16.5. The van der Waals surface area contributed by atoms with Crippen LogP contribution < -0.4 is 10.6 Å². The molecule has 0 saturated carbocycles. The SMILES string of the molecule is COCC(=O)Nc1cccc(NC(=O)c2cnc3c(c2)c(C)nn3C)c1. The molecule has 1 aromatic carbocycles. The van der Waals surface area contributed by atoms with Crippen molar-refractivity contribution in [1.29, 1.82) is 0 Å². The van der Waals surface area contributed by atoms with Crippen LogP contribution in [-0.4, -0.2) is 40.3 Å². The van der Waals surface area contributed by atoms with E-state index in [4.69, 9.17) is 4.74 Å². The quantitative estimate of drug-likeness (QED) is 0.732. The Labute approximate surface area is 150 Å². The maximum absolute atomic E-state index is 12.5. The summed E-state index contributed by atoms with van der Waals surface area (Å²) < 4.78 is 6.46. The summed E-state index contributed by atoms with van der Waals surface area (Å²) >= 11 is 0. The van der Waals surface area contributed by atoms with Gasteiger partial charge in [0.15, 0.2) is 5.65 Å². The highest BCUT2D eigenvalue weighted by molar-refractivity contribution is 6.06. The average molecular weight is 353 g/mol. The van der Waals surface area contributed by atoms with E-state index in [0.717, 1.165) is 16.7 Å². The van der Waals surface area contributed by atoms with Crippen LogP contribution in [0, 0.1) is 6.92 Å². The van der Waals surface area contributed by atoms with Gasteiger partial charge in [-0.15, -0.1) is 0 Å². The molecule has 2 aromatic heterocycles. The number of hydrogen-bond donors (Lipinski definition) is 2. The van der Waals surface area contributed by atoms with E-state index in [0.29, 0.717) is 16.9 Å². The molecule has 0 aliphatic rings. The first-order valence-corrected chi connectivity index (χ1v) is 7.97. The Bertz CT molecular complexity index is 980. The third-order valence-corrected chi connectivity index (χ3v) is 3.80. The number of aryl methyl sites for hydroxylation is 2. The van der Waals surface area contributed by atoms with Crippen LogP contribution in [0.3, 0.4) is 0 Å². The zero-order chi connectivity index (χ0) is 18.7. The Morgan fingerprint density at radius 3 is 2.65 bits per heavy atom. The molecular weight excluding hydrogens is 334 g/mol. The van der Waals surface area contributed by atoms with E-state index in [1.165, 1.54) is 13.3 Å². The number of hydrogen-bond acceptors (Lipinski definition) is 5. The fourth-order valence-electron chi connectivity index (χ4n) is 2.64. The molecule has 0 unspecified atom stereocenters. The summed E-state index contributed by atoms with van der Waals surface area (Å²) in [6.45, 7) is 1.84. The monoisotopic (exact) mass is 353 g/mol. The minimum Gasteiger partial charge on any atom is -0.375 e. The van der Waals surface area contributed by atoms with E-state index < -0.39 is 0 Å². The Balaban J connectivity index is 1.77. The smallest absolute Gasteiger partial charge is 0.257 e. The van der Waals surface area contributed by atoms with E-state index in [9.17, 15) is 9.59 Å². The van der Waals surface area contributed by atoms with Crippen molar-refractivity contribution < 1.29 is 14.3 Å². The van der Waals surface area contributed by atoms with Gasteiger partial charge in [0.2, 0.25) is 5.91 Å². The van der Waals surface area contributed by atoms with E-state index in [1.807, 2.05) is 14.0 Å². The lowest BCUT2D eigenvalue weighted by Crippen LogP contribution is -2.17. The minimum absolute atomic E-state index is 0.0350. The lowest BCUT2D eigenvalue weighted by Gasteiger charge is -2.09. The Hall–Kier alpha value is -3.26. The topological polar surface area (TPSA) is 98.1 Å². The predicted molar refractivity (Wildman–Crippen MR) is 98.1 cm³/mol. The van der Waals surface area contributed by atoms with E-state index in [1.54, 1.807) is 35.0 Å². The summed E-state index contributed by atoms with van der Waals surface area (Å²) in [6, 6.07) is 8.66. The summed E-state index contributed by atoms with van der Waals surface area (Å²) in [7, 11) is 3.26. The van der Waals surface area contributed by atoms with Crippen LogP contribution in [-0.2, 0) is 16.6 Å². The molecule has 134 valence electrons. The lowest BCUT2D eigenvalue weighted by atomic mass is 10.2. The van der Waals surface area contributed by atoms with Gasteiger partial charge in [0.25, 0.3) is 5.91 Å². The number of ether oxygens (including phenoxy) is 1. The van der Waals surface area contributed by atoms with E-state index in [-0.39, 0.29) is 18.4 Å². The van der Waals surface area contributed by atoms with E-state index in [2.05, 4.69) is 20.7 Å². The molecule has 3 aromatic rings. The van der Waals surface area contributed by atoms with Gasteiger partial charge in [-0.3, -0.25) is 14.3 Å². The average Bonchev–Trinajstić information content (AvgIpc) is 2.89. The molecule has 8 nitrogen and oxygen atoms in total. The molecule has 0 fully saturated rings. The van der Waals surface area contributed by atoms with Crippen LogP contribution in [0.5, 0.6) is 0 Å². The number of amides is 2. The summed E-state index contributed by atoms with van der Waals surface area (Å²) in [6.07, 6.45) is 1.52. The number of carbonyl (C=O) groups is 2. The van der Waals surface area contributed by atoms with Crippen molar-refractivity contribution in [2.45, 2.75) is 6.92 Å². The second kappa shape index (κ2) is 7.32. The highest BCUT2D eigenvalue weighted by Crippen LogP contribution is 2.19. The van der Waals surface area contributed by atoms with Crippen LogP contribution >= 0.6 is 0 Å². The normalized spacial score (nSPS) is 10.7. The molecular formula is C18H19N5O3. The first-order chi connectivity index (χ1) is 12.5. The summed E-state index contributed by atoms with van der Waals surface area (Å²) in [5.41, 5.74) is 3.10. The van der Waals surface area contributed by atoms with Crippen LogP contribution in [0.2, 0.25) is 0 Å². The number of aromatic nitrogens is 3. The van der Waals surface area contributed by atoms with Gasteiger partial charge in [0, 0.05) is 37.1 Å². The van der Waals surface area contributed by atoms with Crippen molar-refractivity contribution in [3.05, 3.63) is 47.8 Å². The number of nitrogens with one attached hydrogen (secondary N) is 2. The zero-order valence-electron chi connectivity index (χ0n) is 14.7. The molecule has 8 heteroatoms. The fraction of sp³-hybridized carbons (Fsp3) is 0.222. The van der Waals surface area contributed by atoms with Crippen LogP contribution in [0.1, 0.15) is 16.1 Å². The number of rotatable bonds is 5. The van der Waals surface area contributed by atoms with Gasteiger partial charge >= 0.3 is 0 Å². The van der Waals surface area contributed by atoms with Gasteiger partial charge in [0.1, 0.15) is 6.61 Å². The lowest BCUT2D eigenvalue weighted by molar-refractivity contribution is -0.119. The molecule has 0 bridgehead atoms. The number of fused-ring (bicyclic) bond motifs is 1. The Morgan fingerprint density at radius 2 is 1.92 bits per heavy atom. The van der Waals surface area contributed by atoms with Gasteiger partial charge in [-0.25, -0.2) is 4.98 Å². The van der Waals surface area contributed by atoms with Crippen molar-refractivity contribution >= 4 is 34.2 Å². The zero-order valence-corrected chi connectivity index (χ0v) is 14.7. The third kappa shape index (κ3) is 3.70. The molecule has 0 radical (unpaired) electrons. The number of anilines is 2. The van der Waals surface area contributed by atoms with Crippen molar-refractivity contribution in [3.63, 3.8) is 0 Å². The maximum Gasteiger partial charge on any atom is 0.257 e. The molecule has 2 amide bonds. The van der Waals surface area contributed by atoms with Crippen molar-refractivity contribution in [3.8, 4) is 0 Å². The number of methoxy groups -OCH3 is 1. The second-order valence-electron chi connectivity index (χ2n) is 5.82. The van der Waals surface area contributed by atoms with Crippen molar-refractivity contribution in [1.82, 2.24) is 14.8 Å². The van der Waals surface area contributed by atoms with Crippen molar-refractivity contribution in [2.24, 2.45) is 7.05 Å². The molecule has 0 aliphatic carbocycles. The predicted octanol–water partition coefficient (Wildman–Crippen LogP) is 2.11. The molecule has 0 atom stereocenters. The largest absolute Gasteiger partial charge is 0.375 e.